The average molecular weight is 299 g/mol. The normalized spacial score (nSPS) is 11.8. The molecule has 102 valence electrons. The van der Waals surface area contributed by atoms with Crippen LogP contribution in [0.5, 0.6) is 0 Å². The molecule has 1 heterocycles. The van der Waals surface area contributed by atoms with Gasteiger partial charge in [0.2, 0.25) is 5.89 Å². The molecule has 0 amide bonds. The molecule has 0 aliphatic rings. The van der Waals surface area contributed by atoms with Crippen LogP contribution in [0.2, 0.25) is 5.02 Å². The summed E-state index contributed by atoms with van der Waals surface area (Å²) in [5.41, 5.74) is 11.8. The molecule has 2 aromatic rings. The topological polar surface area (TPSA) is 91.0 Å². The molecule has 2 rings (SSSR count). The molecule has 1 aromatic heterocycles. The third kappa shape index (κ3) is 3.40. The second-order valence-corrected chi connectivity index (χ2v) is 6.07. The van der Waals surface area contributed by atoms with E-state index in [0.29, 0.717) is 28.2 Å². The lowest BCUT2D eigenvalue weighted by atomic mass is 10.1. The van der Waals surface area contributed by atoms with Gasteiger partial charge in [0.05, 0.1) is 16.3 Å². The van der Waals surface area contributed by atoms with E-state index in [9.17, 15) is 0 Å². The summed E-state index contributed by atoms with van der Waals surface area (Å²) in [7, 11) is 0. The predicted octanol–water partition coefficient (Wildman–Crippen LogP) is 2.79. The monoisotopic (exact) mass is 298 g/mol. The highest BCUT2D eigenvalue weighted by Crippen LogP contribution is 2.34. The van der Waals surface area contributed by atoms with E-state index >= 15 is 0 Å². The maximum Gasteiger partial charge on any atom is 0.237 e. The molecular formula is C12H15ClN4OS. The number of nitrogens with zero attached hydrogens (tertiary/aromatic N) is 2. The van der Waals surface area contributed by atoms with Crippen LogP contribution in [0.1, 0.15) is 25.6 Å². The largest absolute Gasteiger partial charge is 0.398 e. The van der Waals surface area contributed by atoms with E-state index in [0.717, 1.165) is 4.90 Å². The number of halogens is 1. The number of rotatable bonds is 4. The summed E-state index contributed by atoms with van der Waals surface area (Å²) in [5.74, 6) is 1.48. The molecule has 0 aliphatic heterocycles. The molecule has 0 fully saturated rings. The molecule has 0 atom stereocenters. The maximum atomic E-state index is 6.09. The summed E-state index contributed by atoms with van der Waals surface area (Å²) in [6, 6.07) is 5.41. The first-order chi connectivity index (χ1) is 8.88. The summed E-state index contributed by atoms with van der Waals surface area (Å²) >= 11 is 7.54. The number of aromatic nitrogens is 2. The van der Waals surface area contributed by atoms with Gasteiger partial charge < -0.3 is 16.0 Å². The van der Waals surface area contributed by atoms with Crippen molar-refractivity contribution in [3.63, 3.8) is 0 Å². The molecule has 0 radical (unpaired) electrons. The molecule has 5 nitrogen and oxygen atoms in total. The van der Waals surface area contributed by atoms with Gasteiger partial charge in [0.1, 0.15) is 0 Å². The van der Waals surface area contributed by atoms with Gasteiger partial charge in [-0.1, -0.05) is 22.8 Å². The summed E-state index contributed by atoms with van der Waals surface area (Å²) in [6.07, 6.45) is 0. The lowest BCUT2D eigenvalue weighted by molar-refractivity contribution is 0.370. The van der Waals surface area contributed by atoms with Crippen LogP contribution in [0.25, 0.3) is 0 Å². The number of benzene rings is 1. The van der Waals surface area contributed by atoms with E-state index in [4.69, 9.17) is 27.6 Å². The molecule has 0 saturated heterocycles. The minimum Gasteiger partial charge on any atom is -0.398 e. The van der Waals surface area contributed by atoms with E-state index < -0.39 is 5.54 Å². The zero-order valence-electron chi connectivity index (χ0n) is 10.7. The molecule has 4 N–H and O–H groups in total. The minimum absolute atomic E-state index is 0.482. The van der Waals surface area contributed by atoms with Crippen molar-refractivity contribution in [1.29, 1.82) is 0 Å². The van der Waals surface area contributed by atoms with Gasteiger partial charge in [-0.05, 0) is 26.0 Å². The lowest BCUT2D eigenvalue weighted by Crippen LogP contribution is -2.30. The average Bonchev–Trinajstić information content (AvgIpc) is 2.77. The Morgan fingerprint density at radius 1 is 1.42 bits per heavy atom. The first-order valence-electron chi connectivity index (χ1n) is 5.66. The maximum absolute atomic E-state index is 6.09. The fourth-order valence-corrected chi connectivity index (χ4v) is 2.56. The van der Waals surface area contributed by atoms with Crippen LogP contribution in [-0.4, -0.2) is 10.1 Å². The van der Waals surface area contributed by atoms with Crippen molar-refractivity contribution in [2.24, 2.45) is 5.73 Å². The Balaban J connectivity index is 2.09. The van der Waals surface area contributed by atoms with Crippen molar-refractivity contribution < 1.29 is 4.52 Å². The van der Waals surface area contributed by atoms with Gasteiger partial charge in [0, 0.05) is 10.6 Å². The number of nitrogens with two attached hydrogens (primary N) is 2. The molecule has 19 heavy (non-hydrogen) atoms. The van der Waals surface area contributed by atoms with Crippen molar-refractivity contribution in [3.8, 4) is 0 Å². The van der Waals surface area contributed by atoms with Gasteiger partial charge in [0.15, 0.2) is 5.82 Å². The Morgan fingerprint density at radius 2 is 2.16 bits per heavy atom. The van der Waals surface area contributed by atoms with E-state index in [1.165, 1.54) is 11.8 Å². The Kier molecular flexibility index (Phi) is 4.03. The Labute approximate surface area is 120 Å². The fraction of sp³-hybridized carbons (Fsp3) is 0.333. The lowest BCUT2D eigenvalue weighted by Gasteiger charge is -2.11. The smallest absolute Gasteiger partial charge is 0.237 e. The third-order valence-corrected chi connectivity index (χ3v) is 3.94. The van der Waals surface area contributed by atoms with Gasteiger partial charge in [-0.25, -0.2) is 0 Å². The standard InChI is InChI=1S/C12H15ClN4OS/c1-12(2,15)11-16-9(18-17-11)6-19-10-7(13)4-3-5-8(10)14/h3-5H,6,14-15H2,1-2H3. The molecule has 0 aliphatic carbocycles. The van der Waals surface area contributed by atoms with Crippen LogP contribution in [0, 0.1) is 0 Å². The summed E-state index contributed by atoms with van der Waals surface area (Å²) in [5, 5.41) is 4.47. The van der Waals surface area contributed by atoms with Crippen molar-refractivity contribution >= 4 is 29.1 Å². The Morgan fingerprint density at radius 3 is 2.74 bits per heavy atom. The second kappa shape index (κ2) is 5.40. The molecule has 0 spiro atoms. The second-order valence-electron chi connectivity index (χ2n) is 4.68. The van der Waals surface area contributed by atoms with E-state index in [1.807, 2.05) is 19.9 Å². The van der Waals surface area contributed by atoms with E-state index in [2.05, 4.69) is 10.1 Å². The van der Waals surface area contributed by atoms with Crippen molar-refractivity contribution in [1.82, 2.24) is 10.1 Å². The van der Waals surface area contributed by atoms with Crippen LogP contribution in [0.3, 0.4) is 0 Å². The first kappa shape index (κ1) is 14.2. The third-order valence-electron chi connectivity index (χ3n) is 2.38. The molecule has 0 saturated carbocycles. The summed E-state index contributed by atoms with van der Waals surface area (Å²) in [4.78, 5) is 5.06. The predicted molar refractivity (Wildman–Crippen MR) is 76.9 cm³/mol. The van der Waals surface area contributed by atoms with E-state index in [-0.39, 0.29) is 0 Å². The van der Waals surface area contributed by atoms with Crippen LogP contribution in [0.4, 0.5) is 5.69 Å². The molecule has 0 unspecified atom stereocenters. The van der Waals surface area contributed by atoms with Gasteiger partial charge in [-0.3, -0.25) is 0 Å². The van der Waals surface area contributed by atoms with Crippen LogP contribution >= 0.6 is 23.4 Å². The molecule has 7 heteroatoms. The van der Waals surface area contributed by atoms with Crippen LogP contribution in [-0.2, 0) is 11.3 Å². The molecule has 1 aromatic carbocycles. The Bertz CT molecular complexity index is 559. The number of nitrogen functional groups attached to an aromatic ring is 1. The van der Waals surface area contributed by atoms with Crippen molar-refractivity contribution in [3.05, 3.63) is 34.9 Å². The van der Waals surface area contributed by atoms with Crippen LogP contribution < -0.4 is 11.5 Å². The van der Waals surface area contributed by atoms with Crippen molar-refractivity contribution in [2.45, 2.75) is 30.0 Å². The number of thioether (sulfide) groups is 1. The van der Waals surface area contributed by atoms with Gasteiger partial charge in [-0.15, -0.1) is 11.8 Å². The number of hydrogen-bond acceptors (Lipinski definition) is 6. The van der Waals surface area contributed by atoms with Gasteiger partial charge in [0.25, 0.3) is 0 Å². The SMILES string of the molecule is CC(C)(N)c1noc(CSc2c(N)cccc2Cl)n1. The highest BCUT2D eigenvalue weighted by molar-refractivity contribution is 7.98. The first-order valence-corrected chi connectivity index (χ1v) is 7.03. The summed E-state index contributed by atoms with van der Waals surface area (Å²) < 4.78 is 5.15. The Hall–Kier alpha value is -1.24. The van der Waals surface area contributed by atoms with E-state index in [1.54, 1.807) is 12.1 Å². The minimum atomic E-state index is -0.615. The van der Waals surface area contributed by atoms with Crippen LogP contribution in [0.15, 0.2) is 27.6 Å². The number of anilines is 1. The zero-order valence-corrected chi connectivity index (χ0v) is 12.3. The highest BCUT2D eigenvalue weighted by atomic mass is 35.5. The van der Waals surface area contributed by atoms with Gasteiger partial charge in [-0.2, -0.15) is 4.98 Å². The fourth-order valence-electron chi connectivity index (χ4n) is 1.39. The highest BCUT2D eigenvalue weighted by Gasteiger charge is 2.21. The zero-order chi connectivity index (χ0) is 14.0. The number of hydrogen-bond donors (Lipinski definition) is 2. The van der Waals surface area contributed by atoms with Crippen molar-refractivity contribution in [2.75, 3.05) is 5.73 Å². The molecular weight excluding hydrogens is 284 g/mol. The summed E-state index contributed by atoms with van der Waals surface area (Å²) in [6.45, 7) is 3.64. The molecule has 0 bridgehead atoms. The quantitative estimate of drug-likeness (QED) is 0.666. The van der Waals surface area contributed by atoms with Gasteiger partial charge >= 0.3 is 0 Å².